The lowest BCUT2D eigenvalue weighted by molar-refractivity contribution is 0.0702. The first-order valence-corrected chi connectivity index (χ1v) is 6.64. The quantitative estimate of drug-likeness (QED) is 0.899. The Bertz CT molecular complexity index is 654. The molecule has 0 unspecified atom stereocenters. The van der Waals surface area contributed by atoms with Gasteiger partial charge in [0.15, 0.2) is 0 Å². The average Bonchev–Trinajstić information content (AvgIpc) is 2.83. The van der Waals surface area contributed by atoms with Crippen molar-refractivity contribution in [3.05, 3.63) is 50.1 Å². The van der Waals surface area contributed by atoms with Crippen molar-refractivity contribution >= 4 is 52.1 Å². The molecule has 1 aromatic heterocycles. The Labute approximate surface area is 122 Å². The summed E-state index contributed by atoms with van der Waals surface area (Å²) in [6.45, 7) is 0. The van der Waals surface area contributed by atoms with Gasteiger partial charge in [-0.2, -0.15) is 0 Å². The predicted octanol–water partition coefficient (Wildman–Crippen LogP) is 4.01. The highest BCUT2D eigenvalue weighted by Crippen LogP contribution is 2.26. The highest BCUT2D eigenvalue weighted by atomic mass is 35.5. The van der Waals surface area contributed by atoms with E-state index in [1.165, 1.54) is 18.2 Å². The van der Waals surface area contributed by atoms with Crippen LogP contribution in [0.5, 0.6) is 0 Å². The van der Waals surface area contributed by atoms with Crippen molar-refractivity contribution in [2.24, 2.45) is 0 Å². The van der Waals surface area contributed by atoms with Gasteiger partial charge in [-0.3, -0.25) is 4.79 Å². The number of hydrogen-bond donors (Lipinski definition) is 2. The number of benzene rings is 1. The second kappa shape index (κ2) is 5.61. The Kier molecular flexibility index (Phi) is 4.09. The van der Waals surface area contributed by atoms with E-state index >= 15 is 0 Å². The first-order chi connectivity index (χ1) is 8.97. The number of nitrogens with one attached hydrogen (secondary N) is 1. The molecule has 0 saturated heterocycles. The van der Waals surface area contributed by atoms with Crippen molar-refractivity contribution in [1.29, 1.82) is 0 Å². The Morgan fingerprint density at radius 3 is 2.32 bits per heavy atom. The highest BCUT2D eigenvalue weighted by molar-refractivity contribution is 7.15. The number of carbonyl (C=O) groups excluding carboxylic acids is 1. The monoisotopic (exact) mass is 315 g/mol. The molecule has 0 aliphatic rings. The zero-order chi connectivity index (χ0) is 14.0. The van der Waals surface area contributed by atoms with Crippen molar-refractivity contribution in [2.45, 2.75) is 0 Å². The average molecular weight is 316 g/mol. The smallest absolute Gasteiger partial charge is 0.345 e. The van der Waals surface area contributed by atoms with Gasteiger partial charge in [0, 0.05) is 5.69 Å². The number of carboxylic acids is 1. The molecule has 1 heterocycles. The summed E-state index contributed by atoms with van der Waals surface area (Å²) >= 11 is 12.5. The molecule has 0 atom stereocenters. The van der Waals surface area contributed by atoms with E-state index in [9.17, 15) is 9.59 Å². The molecule has 2 rings (SSSR count). The van der Waals surface area contributed by atoms with Gasteiger partial charge in [-0.05, 0) is 30.3 Å². The lowest BCUT2D eigenvalue weighted by Crippen LogP contribution is -2.09. The summed E-state index contributed by atoms with van der Waals surface area (Å²) in [5, 5.41) is 12.1. The van der Waals surface area contributed by atoms with Crippen LogP contribution in [0.3, 0.4) is 0 Å². The van der Waals surface area contributed by atoms with Crippen molar-refractivity contribution in [3.63, 3.8) is 0 Å². The number of thiophene rings is 1. The molecule has 1 aromatic carbocycles. The number of anilines is 1. The largest absolute Gasteiger partial charge is 0.477 e. The van der Waals surface area contributed by atoms with Crippen LogP contribution in [-0.4, -0.2) is 17.0 Å². The predicted molar refractivity (Wildman–Crippen MR) is 75.7 cm³/mol. The fourth-order valence-electron chi connectivity index (χ4n) is 1.34. The van der Waals surface area contributed by atoms with E-state index in [-0.39, 0.29) is 4.88 Å². The standard InChI is InChI=1S/C12H7Cl2NO3S/c13-7-2-1-6(5-8(7)14)15-11(16)9-3-4-10(19-9)12(17)18/h1-5H,(H,15,16)(H,17,18). The molecule has 2 N–H and O–H groups in total. The van der Waals surface area contributed by atoms with Crippen molar-refractivity contribution in [3.8, 4) is 0 Å². The topological polar surface area (TPSA) is 66.4 Å². The molecule has 0 fully saturated rings. The van der Waals surface area contributed by atoms with Crippen LogP contribution in [0.15, 0.2) is 30.3 Å². The minimum atomic E-state index is -1.06. The normalized spacial score (nSPS) is 10.2. The lowest BCUT2D eigenvalue weighted by Gasteiger charge is -2.04. The zero-order valence-electron chi connectivity index (χ0n) is 9.31. The van der Waals surface area contributed by atoms with Crippen LogP contribution in [-0.2, 0) is 0 Å². The molecule has 98 valence electrons. The van der Waals surface area contributed by atoms with Crippen molar-refractivity contribution in [2.75, 3.05) is 5.32 Å². The number of carbonyl (C=O) groups is 2. The van der Waals surface area contributed by atoms with Crippen LogP contribution in [0, 0.1) is 0 Å². The van der Waals surface area contributed by atoms with Crippen LogP contribution in [0.2, 0.25) is 10.0 Å². The number of hydrogen-bond acceptors (Lipinski definition) is 3. The van der Waals surface area contributed by atoms with E-state index in [1.807, 2.05) is 0 Å². The summed E-state index contributed by atoms with van der Waals surface area (Å²) in [4.78, 5) is 23.0. The van der Waals surface area contributed by atoms with E-state index in [0.717, 1.165) is 11.3 Å². The maximum absolute atomic E-state index is 11.9. The Balaban J connectivity index is 2.15. The molecule has 19 heavy (non-hydrogen) atoms. The van der Waals surface area contributed by atoms with E-state index in [0.29, 0.717) is 20.6 Å². The third-order valence-corrected chi connectivity index (χ3v) is 4.03. The van der Waals surface area contributed by atoms with Gasteiger partial charge in [-0.25, -0.2) is 4.79 Å². The molecule has 0 saturated carbocycles. The SMILES string of the molecule is O=C(O)c1ccc(C(=O)Nc2ccc(Cl)c(Cl)c2)s1. The molecule has 4 nitrogen and oxygen atoms in total. The van der Waals surface area contributed by atoms with Crippen LogP contribution in [0.4, 0.5) is 5.69 Å². The van der Waals surface area contributed by atoms with Gasteiger partial charge in [-0.15, -0.1) is 11.3 Å². The molecule has 0 aliphatic carbocycles. The summed E-state index contributed by atoms with van der Waals surface area (Å²) < 4.78 is 0. The maximum Gasteiger partial charge on any atom is 0.345 e. The minimum absolute atomic E-state index is 0.110. The van der Waals surface area contributed by atoms with Crippen molar-refractivity contribution < 1.29 is 14.7 Å². The van der Waals surface area contributed by atoms with Gasteiger partial charge in [0.05, 0.1) is 14.9 Å². The number of rotatable bonds is 3. The molecular formula is C12H7Cl2NO3S. The van der Waals surface area contributed by atoms with Gasteiger partial charge in [-0.1, -0.05) is 23.2 Å². The highest BCUT2D eigenvalue weighted by Gasteiger charge is 2.13. The first-order valence-electron chi connectivity index (χ1n) is 5.07. The van der Waals surface area contributed by atoms with E-state index in [4.69, 9.17) is 28.3 Å². The molecule has 0 bridgehead atoms. The molecule has 7 heteroatoms. The summed E-state index contributed by atoms with van der Waals surface area (Å²) in [6.07, 6.45) is 0. The Hall–Kier alpha value is -1.56. The minimum Gasteiger partial charge on any atom is -0.477 e. The maximum atomic E-state index is 11.9. The fraction of sp³-hybridized carbons (Fsp3) is 0. The summed E-state index contributed by atoms with van der Waals surface area (Å²) in [7, 11) is 0. The van der Waals surface area contributed by atoms with Gasteiger partial charge < -0.3 is 10.4 Å². The van der Waals surface area contributed by atoms with Gasteiger partial charge in [0.2, 0.25) is 0 Å². The number of halogens is 2. The molecule has 0 radical (unpaired) electrons. The molecule has 2 aromatic rings. The Morgan fingerprint density at radius 2 is 1.74 bits per heavy atom. The van der Waals surface area contributed by atoms with E-state index in [1.54, 1.807) is 12.1 Å². The van der Waals surface area contributed by atoms with Crippen LogP contribution < -0.4 is 5.32 Å². The zero-order valence-corrected chi connectivity index (χ0v) is 11.6. The second-order valence-corrected chi connectivity index (χ2v) is 5.45. The summed E-state index contributed by atoms with van der Waals surface area (Å²) in [5.74, 6) is -1.45. The molecule has 1 amide bonds. The number of carboxylic acid groups (broad SMARTS) is 1. The summed E-state index contributed by atoms with van der Waals surface area (Å²) in [6, 6.07) is 7.54. The second-order valence-electron chi connectivity index (χ2n) is 3.55. The van der Waals surface area contributed by atoms with E-state index in [2.05, 4.69) is 5.32 Å². The van der Waals surface area contributed by atoms with Crippen LogP contribution in [0.1, 0.15) is 19.3 Å². The molecular weight excluding hydrogens is 309 g/mol. The third kappa shape index (κ3) is 3.26. The van der Waals surface area contributed by atoms with Crippen molar-refractivity contribution in [1.82, 2.24) is 0 Å². The summed E-state index contributed by atoms with van der Waals surface area (Å²) in [5.41, 5.74) is 0.490. The van der Waals surface area contributed by atoms with Crippen LogP contribution in [0.25, 0.3) is 0 Å². The molecule has 0 aliphatic heterocycles. The third-order valence-electron chi connectivity index (χ3n) is 2.22. The van der Waals surface area contributed by atoms with E-state index < -0.39 is 11.9 Å². The van der Waals surface area contributed by atoms with Gasteiger partial charge in [0.1, 0.15) is 4.88 Å². The number of amides is 1. The number of aromatic carboxylic acids is 1. The lowest BCUT2D eigenvalue weighted by atomic mass is 10.3. The molecule has 0 spiro atoms. The van der Waals surface area contributed by atoms with Gasteiger partial charge in [0.25, 0.3) is 5.91 Å². The van der Waals surface area contributed by atoms with Gasteiger partial charge >= 0.3 is 5.97 Å². The Morgan fingerprint density at radius 1 is 1.05 bits per heavy atom. The van der Waals surface area contributed by atoms with Crippen LogP contribution >= 0.6 is 34.5 Å². The fourth-order valence-corrected chi connectivity index (χ4v) is 2.38. The first kappa shape index (κ1) is 13.9.